The molecule has 0 aromatic rings. The summed E-state index contributed by atoms with van der Waals surface area (Å²) in [7, 11) is -9.60. The summed E-state index contributed by atoms with van der Waals surface area (Å²) in [5, 5.41) is 2.49. The molecule has 1 aliphatic heterocycles. The van der Waals surface area contributed by atoms with Gasteiger partial charge in [0.05, 0.1) is 13.2 Å². The van der Waals surface area contributed by atoms with Crippen molar-refractivity contribution in [2.45, 2.75) is 59.8 Å². The Hall–Kier alpha value is -1.13. The first-order valence-corrected chi connectivity index (χ1v) is 14.0. The Labute approximate surface area is 194 Å². The fourth-order valence-electron chi connectivity index (χ4n) is 3.06. The third kappa shape index (κ3) is 11.7. The Bertz CT molecular complexity index is 774. The van der Waals surface area contributed by atoms with Gasteiger partial charge in [-0.1, -0.05) is 34.1 Å². The van der Waals surface area contributed by atoms with Crippen molar-refractivity contribution in [1.82, 2.24) is 10.2 Å². The average Bonchev–Trinajstić information content (AvgIpc) is 2.97. The van der Waals surface area contributed by atoms with Gasteiger partial charge in [-0.3, -0.25) is 28.3 Å². The highest BCUT2D eigenvalue weighted by Gasteiger charge is 2.39. The lowest BCUT2D eigenvalue weighted by Crippen LogP contribution is -2.32. The van der Waals surface area contributed by atoms with Gasteiger partial charge in [0.2, 0.25) is 17.7 Å². The zero-order valence-corrected chi connectivity index (χ0v) is 21.4. The van der Waals surface area contributed by atoms with Gasteiger partial charge < -0.3 is 15.1 Å². The second-order valence-corrected chi connectivity index (χ2v) is 11.7. The third-order valence-corrected chi connectivity index (χ3v) is 7.46. The maximum atomic E-state index is 12.2. The zero-order valence-electron chi connectivity index (χ0n) is 19.6. The number of hydrogen-bond acceptors (Lipinski definition) is 8. The number of carbonyl (C=O) groups is 3. The summed E-state index contributed by atoms with van der Waals surface area (Å²) in [5.41, 5.74) is 0. The predicted molar refractivity (Wildman–Crippen MR) is 119 cm³/mol. The molecule has 0 aromatic carbocycles. The van der Waals surface area contributed by atoms with Crippen LogP contribution in [0.4, 0.5) is 0 Å². The second kappa shape index (κ2) is 13.7. The number of hydrogen-bond donors (Lipinski definition) is 3. The van der Waals surface area contributed by atoms with Crippen molar-refractivity contribution in [1.29, 1.82) is 0 Å². The summed E-state index contributed by atoms with van der Waals surface area (Å²) in [5.74, 6) is -0.800. The van der Waals surface area contributed by atoms with Crippen LogP contribution in [0, 0.1) is 17.8 Å². The summed E-state index contributed by atoms with van der Waals surface area (Å²) in [6.45, 7) is 6.95. The molecule has 0 spiro atoms. The normalized spacial score (nSPS) is 20.4. The Morgan fingerprint density at radius 1 is 1.09 bits per heavy atom. The highest BCUT2D eigenvalue weighted by molar-refractivity contribution is 7.61. The Kier molecular flexibility index (Phi) is 12.4. The SMILES string of the molecule is CC(C)COP(=O)(O)OP(=O)(O)OCCNC(=O)CCCCCN1C(=O)CC(C(C)C)C1=O. The van der Waals surface area contributed by atoms with Crippen LogP contribution < -0.4 is 5.32 Å². The van der Waals surface area contributed by atoms with Crippen LogP contribution in [0.15, 0.2) is 0 Å². The first-order valence-electron chi connectivity index (χ1n) is 11.0. The number of phosphoric acid groups is 2. The minimum Gasteiger partial charge on any atom is -0.354 e. The molecule has 0 saturated carbocycles. The molecule has 0 aromatic heterocycles. The van der Waals surface area contributed by atoms with Crippen LogP contribution in [-0.4, -0.2) is 58.7 Å². The number of rotatable bonds is 16. The van der Waals surface area contributed by atoms with Gasteiger partial charge in [0.15, 0.2) is 0 Å². The molecule has 12 nitrogen and oxygen atoms in total. The molecule has 0 radical (unpaired) electrons. The van der Waals surface area contributed by atoms with E-state index in [2.05, 4.69) is 18.7 Å². The maximum Gasteiger partial charge on any atom is 0.481 e. The molecule has 3 amide bonds. The predicted octanol–water partition coefficient (Wildman–Crippen LogP) is 2.60. The van der Waals surface area contributed by atoms with E-state index in [4.69, 9.17) is 0 Å². The average molecular weight is 514 g/mol. The van der Waals surface area contributed by atoms with Gasteiger partial charge in [0, 0.05) is 31.8 Å². The Balaban J connectivity index is 2.18. The van der Waals surface area contributed by atoms with Crippen LogP contribution in [-0.2, 0) is 36.9 Å². The molecule has 0 bridgehead atoms. The quantitative estimate of drug-likeness (QED) is 0.158. The molecule has 14 heteroatoms. The highest BCUT2D eigenvalue weighted by atomic mass is 31.3. The Morgan fingerprint density at radius 3 is 2.30 bits per heavy atom. The van der Waals surface area contributed by atoms with E-state index >= 15 is 0 Å². The number of carbonyl (C=O) groups excluding carboxylic acids is 3. The van der Waals surface area contributed by atoms with Crippen molar-refractivity contribution in [2.24, 2.45) is 17.8 Å². The first kappa shape index (κ1) is 29.9. The van der Waals surface area contributed by atoms with Gasteiger partial charge in [-0.25, -0.2) is 9.13 Å². The minimum atomic E-state index is -4.84. The lowest BCUT2D eigenvalue weighted by Gasteiger charge is -2.17. The monoisotopic (exact) mass is 514 g/mol. The van der Waals surface area contributed by atoms with Gasteiger partial charge in [-0.15, -0.1) is 0 Å². The molecular formula is C19H36N2O10P2. The second-order valence-electron chi connectivity index (χ2n) is 8.64. The summed E-state index contributed by atoms with van der Waals surface area (Å²) >= 11 is 0. The molecule has 0 aliphatic carbocycles. The van der Waals surface area contributed by atoms with Crippen LogP contribution in [0.25, 0.3) is 0 Å². The van der Waals surface area contributed by atoms with Crippen molar-refractivity contribution >= 4 is 33.4 Å². The smallest absolute Gasteiger partial charge is 0.354 e. The minimum absolute atomic E-state index is 0.0919. The molecule has 3 N–H and O–H groups in total. The fraction of sp³-hybridized carbons (Fsp3) is 0.842. The van der Waals surface area contributed by atoms with Crippen molar-refractivity contribution in [2.75, 3.05) is 26.3 Å². The van der Waals surface area contributed by atoms with Gasteiger partial charge in [0.25, 0.3) is 0 Å². The number of nitrogens with zero attached hydrogens (tertiary/aromatic N) is 1. The lowest BCUT2D eigenvalue weighted by atomic mass is 9.94. The first-order chi connectivity index (χ1) is 15.2. The van der Waals surface area contributed by atoms with Gasteiger partial charge in [-0.05, 0) is 24.7 Å². The van der Waals surface area contributed by atoms with Crippen LogP contribution >= 0.6 is 15.6 Å². The van der Waals surface area contributed by atoms with E-state index in [0.29, 0.717) is 25.8 Å². The number of imide groups is 1. The molecular weight excluding hydrogens is 478 g/mol. The molecule has 1 aliphatic rings. The summed E-state index contributed by atoms with van der Waals surface area (Å²) in [6.07, 6.45) is 2.24. The summed E-state index contributed by atoms with van der Waals surface area (Å²) in [4.78, 5) is 56.2. The number of phosphoric ester groups is 2. The van der Waals surface area contributed by atoms with E-state index in [0.717, 1.165) is 0 Å². The zero-order chi connectivity index (χ0) is 25.2. The van der Waals surface area contributed by atoms with E-state index in [1.165, 1.54) is 4.90 Å². The van der Waals surface area contributed by atoms with Crippen molar-refractivity contribution in [3.8, 4) is 0 Å². The van der Waals surface area contributed by atoms with E-state index in [9.17, 15) is 33.3 Å². The van der Waals surface area contributed by atoms with Crippen LogP contribution in [0.5, 0.6) is 0 Å². The fourth-order valence-corrected chi connectivity index (χ4v) is 5.29. The standard InChI is InChI=1S/C19H36N2O10P2/c1-14(2)13-30-33(27,28)31-32(25,26)29-11-9-20-17(22)8-6-5-7-10-21-18(23)12-16(15(3)4)19(21)24/h14-16H,5-13H2,1-4H3,(H,20,22)(H,25,26)(H,27,28). The largest absolute Gasteiger partial charge is 0.481 e. The van der Waals surface area contributed by atoms with Crippen molar-refractivity contribution < 1.29 is 46.7 Å². The molecule has 1 heterocycles. The molecule has 1 saturated heterocycles. The van der Waals surface area contributed by atoms with E-state index in [1.54, 1.807) is 13.8 Å². The molecule has 1 fully saturated rings. The topological polar surface area (TPSA) is 169 Å². The summed E-state index contributed by atoms with van der Waals surface area (Å²) < 4.78 is 36.6. The molecule has 33 heavy (non-hydrogen) atoms. The molecule has 3 atom stereocenters. The van der Waals surface area contributed by atoms with E-state index < -0.39 is 22.3 Å². The van der Waals surface area contributed by atoms with Crippen molar-refractivity contribution in [3.05, 3.63) is 0 Å². The number of likely N-dealkylation sites (tertiary alicyclic amines) is 1. The lowest BCUT2D eigenvalue weighted by molar-refractivity contribution is -0.139. The van der Waals surface area contributed by atoms with Crippen LogP contribution in [0.3, 0.4) is 0 Å². The highest BCUT2D eigenvalue weighted by Crippen LogP contribution is 2.60. The maximum absolute atomic E-state index is 12.2. The molecule has 1 rings (SSSR count). The summed E-state index contributed by atoms with van der Waals surface area (Å²) in [6, 6.07) is 0. The van der Waals surface area contributed by atoms with E-state index in [-0.39, 0.29) is 61.5 Å². The molecule has 3 unspecified atom stereocenters. The van der Waals surface area contributed by atoms with Crippen LogP contribution in [0.2, 0.25) is 0 Å². The third-order valence-electron chi connectivity index (χ3n) is 4.83. The number of nitrogens with one attached hydrogen (secondary N) is 1. The van der Waals surface area contributed by atoms with Gasteiger partial charge >= 0.3 is 15.6 Å². The number of amides is 3. The Morgan fingerprint density at radius 2 is 1.73 bits per heavy atom. The van der Waals surface area contributed by atoms with Gasteiger partial charge in [0.1, 0.15) is 0 Å². The molecule has 192 valence electrons. The number of unbranched alkanes of at least 4 members (excludes halogenated alkanes) is 2. The van der Waals surface area contributed by atoms with E-state index in [1.807, 2.05) is 13.8 Å². The van der Waals surface area contributed by atoms with Gasteiger partial charge in [-0.2, -0.15) is 4.31 Å². The van der Waals surface area contributed by atoms with Crippen LogP contribution in [0.1, 0.15) is 59.8 Å². The van der Waals surface area contributed by atoms with Crippen molar-refractivity contribution in [3.63, 3.8) is 0 Å².